The molecule has 168 valence electrons. The van der Waals surface area contributed by atoms with Gasteiger partial charge in [0.25, 0.3) is 0 Å². The van der Waals surface area contributed by atoms with Crippen LogP contribution in [0.3, 0.4) is 0 Å². The lowest BCUT2D eigenvalue weighted by molar-refractivity contribution is 0.250. The van der Waals surface area contributed by atoms with Crippen molar-refractivity contribution in [1.29, 1.82) is 0 Å². The van der Waals surface area contributed by atoms with Gasteiger partial charge in [0.2, 0.25) is 5.88 Å². The topological polar surface area (TPSA) is 83.2 Å². The summed E-state index contributed by atoms with van der Waals surface area (Å²) in [5.74, 6) is 1.43. The van der Waals surface area contributed by atoms with E-state index >= 15 is 0 Å². The molecule has 5 atom stereocenters. The second-order valence-corrected chi connectivity index (χ2v) is 11.5. The van der Waals surface area contributed by atoms with E-state index in [2.05, 4.69) is 19.2 Å². The average Bonchev–Trinajstić information content (AvgIpc) is 3.14. The van der Waals surface area contributed by atoms with Crippen LogP contribution >= 0.6 is 0 Å². The van der Waals surface area contributed by atoms with E-state index in [0.717, 1.165) is 36.3 Å². The number of fused-ring (bicyclic) bond motifs is 1. The van der Waals surface area contributed by atoms with Crippen molar-refractivity contribution in [2.75, 3.05) is 13.1 Å². The second-order valence-electron chi connectivity index (χ2n) is 9.80. The minimum Gasteiger partial charge on any atom is -0.598 e. The lowest BCUT2D eigenvalue weighted by atomic mass is 9.74. The highest BCUT2D eigenvalue weighted by atomic mass is 32.2. The van der Waals surface area contributed by atoms with Gasteiger partial charge in [-0.2, -0.15) is 5.14 Å². The summed E-state index contributed by atoms with van der Waals surface area (Å²) in [6.07, 6.45) is 1.70. The highest BCUT2D eigenvalue weighted by Gasteiger charge is 2.55. The molecule has 2 heterocycles. The zero-order chi connectivity index (χ0) is 22.4. The lowest BCUT2D eigenvalue weighted by Gasteiger charge is -2.36. The number of ether oxygens (including phenoxy) is 1. The molecule has 3 N–H and O–H groups in total. The van der Waals surface area contributed by atoms with Crippen LogP contribution in [0.1, 0.15) is 46.1 Å². The van der Waals surface area contributed by atoms with Gasteiger partial charge in [0.15, 0.2) is 0 Å². The largest absolute Gasteiger partial charge is 0.598 e. The first-order valence-corrected chi connectivity index (χ1v) is 12.2. The standard InChI is InChI=1S/C24H32FN3O2S/c1-5-24(4,14-23(2,3)31(26)29)16-10-20(15-6-8-17(25)9-7-15)28-21(11-16)30-22-18-12-27-13-19(18)22/h6-11,18-19,22,27H,5,12-14,26H2,1-4H3/t18-,19+,22?,24?,31?. The van der Waals surface area contributed by atoms with Crippen molar-refractivity contribution in [2.24, 2.45) is 17.0 Å². The van der Waals surface area contributed by atoms with Gasteiger partial charge < -0.3 is 14.6 Å². The number of hydrogen-bond acceptors (Lipinski definition) is 5. The van der Waals surface area contributed by atoms with Gasteiger partial charge in [-0.25, -0.2) is 9.37 Å². The van der Waals surface area contributed by atoms with Crippen molar-refractivity contribution in [2.45, 2.75) is 56.8 Å². The third-order valence-electron chi connectivity index (χ3n) is 7.05. The molecule has 0 amide bonds. The molecule has 0 radical (unpaired) electrons. The zero-order valence-corrected chi connectivity index (χ0v) is 19.5. The summed E-state index contributed by atoms with van der Waals surface area (Å²) in [6.45, 7) is 10.2. The van der Waals surface area contributed by atoms with Crippen LogP contribution in [0.25, 0.3) is 11.3 Å². The van der Waals surface area contributed by atoms with E-state index in [0.29, 0.717) is 24.1 Å². The van der Waals surface area contributed by atoms with Crippen molar-refractivity contribution in [3.8, 4) is 17.1 Å². The summed E-state index contributed by atoms with van der Waals surface area (Å²) in [4.78, 5) is 4.77. The number of nitrogens with zero attached hydrogens (tertiary/aromatic N) is 1. The fourth-order valence-corrected chi connectivity index (χ4v) is 5.26. The number of pyridine rings is 1. The number of nitrogens with two attached hydrogens (primary N) is 1. The SMILES string of the molecule is CCC(C)(CC(C)(C)[S+](N)[O-])c1cc(OC2[C@H]3CNC[C@@H]23)nc(-c2ccc(F)cc2)c1. The maximum atomic E-state index is 13.5. The summed E-state index contributed by atoms with van der Waals surface area (Å²) >= 11 is -1.44. The quantitative estimate of drug-likeness (QED) is 0.602. The Morgan fingerprint density at radius 2 is 1.84 bits per heavy atom. The van der Waals surface area contributed by atoms with Gasteiger partial charge in [0, 0.05) is 54.3 Å². The van der Waals surface area contributed by atoms with Crippen LogP contribution in [0.4, 0.5) is 4.39 Å². The van der Waals surface area contributed by atoms with Crippen LogP contribution < -0.4 is 15.2 Å². The molecule has 1 aliphatic heterocycles. The van der Waals surface area contributed by atoms with Gasteiger partial charge in [-0.15, -0.1) is 0 Å². The van der Waals surface area contributed by atoms with Crippen LogP contribution in [0, 0.1) is 17.7 Å². The fourth-order valence-electron chi connectivity index (χ4n) is 4.80. The number of piperidine rings is 1. The number of nitrogens with one attached hydrogen (secondary N) is 1. The van der Waals surface area contributed by atoms with E-state index in [1.807, 2.05) is 26.0 Å². The van der Waals surface area contributed by atoms with Crippen molar-refractivity contribution in [1.82, 2.24) is 10.3 Å². The Kier molecular flexibility index (Phi) is 6.07. The summed E-state index contributed by atoms with van der Waals surface area (Å²) in [6, 6.07) is 10.4. The highest BCUT2D eigenvalue weighted by Crippen LogP contribution is 2.46. The Morgan fingerprint density at radius 3 is 2.42 bits per heavy atom. The van der Waals surface area contributed by atoms with Crippen LogP contribution in [0.5, 0.6) is 5.88 Å². The van der Waals surface area contributed by atoms with Gasteiger partial charge >= 0.3 is 0 Å². The van der Waals surface area contributed by atoms with E-state index in [4.69, 9.17) is 14.9 Å². The third-order valence-corrected chi connectivity index (χ3v) is 8.28. The molecule has 5 nitrogen and oxygen atoms in total. The fraction of sp³-hybridized carbons (Fsp3) is 0.542. The monoisotopic (exact) mass is 445 g/mol. The molecule has 1 aliphatic carbocycles. The Hall–Kier alpha value is -1.67. The minimum atomic E-state index is -1.44. The molecule has 0 spiro atoms. The molecule has 1 saturated carbocycles. The molecule has 1 saturated heterocycles. The molecule has 2 aromatic rings. The average molecular weight is 446 g/mol. The maximum absolute atomic E-state index is 13.5. The molecular weight excluding hydrogens is 413 g/mol. The van der Waals surface area contributed by atoms with Gasteiger partial charge in [-0.05, 0) is 61.6 Å². The van der Waals surface area contributed by atoms with Crippen LogP contribution in [0.15, 0.2) is 36.4 Å². The van der Waals surface area contributed by atoms with Gasteiger partial charge in [-0.3, -0.25) is 0 Å². The minimum absolute atomic E-state index is 0.200. The maximum Gasteiger partial charge on any atom is 0.214 e. The summed E-state index contributed by atoms with van der Waals surface area (Å²) in [5, 5.41) is 9.18. The Labute approximate surface area is 187 Å². The first-order valence-electron chi connectivity index (χ1n) is 10.9. The molecule has 1 aromatic heterocycles. The van der Waals surface area contributed by atoms with Crippen molar-refractivity contribution in [3.05, 3.63) is 47.8 Å². The zero-order valence-electron chi connectivity index (χ0n) is 18.7. The third kappa shape index (κ3) is 4.60. The predicted octanol–water partition coefficient (Wildman–Crippen LogP) is 3.94. The first kappa shape index (κ1) is 22.5. The predicted molar refractivity (Wildman–Crippen MR) is 123 cm³/mol. The van der Waals surface area contributed by atoms with Crippen molar-refractivity contribution < 1.29 is 13.7 Å². The van der Waals surface area contributed by atoms with E-state index in [1.54, 1.807) is 12.1 Å². The summed E-state index contributed by atoms with van der Waals surface area (Å²) in [5.41, 5.74) is 2.39. The molecule has 1 aromatic carbocycles. The van der Waals surface area contributed by atoms with Crippen molar-refractivity contribution >= 4 is 11.4 Å². The molecule has 7 heteroatoms. The van der Waals surface area contributed by atoms with E-state index in [1.165, 1.54) is 12.1 Å². The number of aromatic nitrogens is 1. The lowest BCUT2D eigenvalue weighted by Crippen LogP contribution is -2.43. The normalized spacial score (nSPS) is 25.6. The number of hydrogen-bond donors (Lipinski definition) is 2. The smallest absolute Gasteiger partial charge is 0.214 e. The Bertz CT molecular complexity index is 927. The molecule has 3 unspecified atom stereocenters. The Balaban J connectivity index is 1.71. The number of halogens is 1. The summed E-state index contributed by atoms with van der Waals surface area (Å²) < 4.78 is 31.4. The molecule has 2 fully saturated rings. The highest BCUT2D eigenvalue weighted by molar-refractivity contribution is 7.90. The van der Waals surface area contributed by atoms with Gasteiger partial charge in [-0.1, -0.05) is 13.8 Å². The van der Waals surface area contributed by atoms with Crippen molar-refractivity contribution in [3.63, 3.8) is 0 Å². The molecular formula is C24H32FN3O2S. The van der Waals surface area contributed by atoms with Crippen LogP contribution in [0.2, 0.25) is 0 Å². The molecule has 0 bridgehead atoms. The van der Waals surface area contributed by atoms with E-state index < -0.39 is 16.1 Å². The molecule has 4 rings (SSSR count). The number of rotatable bonds is 8. The number of benzene rings is 1. The molecule has 31 heavy (non-hydrogen) atoms. The van der Waals surface area contributed by atoms with E-state index in [9.17, 15) is 8.94 Å². The van der Waals surface area contributed by atoms with Crippen LogP contribution in [-0.2, 0) is 16.8 Å². The van der Waals surface area contributed by atoms with Gasteiger partial charge in [0.05, 0.1) is 5.69 Å². The van der Waals surface area contributed by atoms with Crippen LogP contribution in [-0.4, -0.2) is 33.5 Å². The summed E-state index contributed by atoms with van der Waals surface area (Å²) in [7, 11) is 0. The first-order chi connectivity index (χ1) is 14.6. The Morgan fingerprint density at radius 1 is 1.19 bits per heavy atom. The van der Waals surface area contributed by atoms with E-state index in [-0.39, 0.29) is 17.3 Å². The van der Waals surface area contributed by atoms with Gasteiger partial charge in [0.1, 0.15) is 16.7 Å². The second kappa shape index (κ2) is 8.35. The molecule has 2 aliphatic rings.